The first-order chi connectivity index (χ1) is 17.4. The van der Waals surface area contributed by atoms with Gasteiger partial charge < -0.3 is 23.2 Å². The summed E-state index contributed by atoms with van der Waals surface area (Å²) in [6.45, 7) is 1.80. The normalized spacial score (nSPS) is 16.7. The van der Waals surface area contributed by atoms with Gasteiger partial charge in [0.15, 0.2) is 17.2 Å². The van der Waals surface area contributed by atoms with Crippen molar-refractivity contribution >= 4 is 28.9 Å². The van der Waals surface area contributed by atoms with Crippen molar-refractivity contribution < 1.29 is 32.8 Å². The molecule has 1 amide bonds. The summed E-state index contributed by atoms with van der Waals surface area (Å²) in [4.78, 5) is 24.2. The van der Waals surface area contributed by atoms with Crippen LogP contribution in [0.4, 0.5) is 10.5 Å². The predicted molar refractivity (Wildman–Crippen MR) is 126 cm³/mol. The largest absolute Gasteiger partial charge is 0.480 e. The maximum atomic E-state index is 12.6. The lowest BCUT2D eigenvalue weighted by Crippen LogP contribution is -2.18. The van der Waals surface area contributed by atoms with Gasteiger partial charge in [-0.25, -0.2) is 4.79 Å². The lowest BCUT2D eigenvalue weighted by Gasteiger charge is -2.14. The summed E-state index contributed by atoms with van der Waals surface area (Å²) in [6.07, 6.45) is 1.91. The second kappa shape index (κ2) is 8.34. The maximum Gasteiger partial charge on any atom is 0.412 e. The monoisotopic (exact) mass is 486 g/mol. The lowest BCUT2D eigenvalue weighted by atomic mass is 10.0. The number of aromatic nitrogens is 1. The number of carboxylic acids is 1. The molecule has 9 nitrogen and oxygen atoms in total. The molecule has 2 aliphatic carbocycles. The number of furan rings is 2. The van der Waals surface area contributed by atoms with Gasteiger partial charge in [-0.2, -0.15) is 0 Å². The summed E-state index contributed by atoms with van der Waals surface area (Å²) in [5.41, 5.74) is 0.588. The molecule has 1 unspecified atom stereocenters. The highest BCUT2D eigenvalue weighted by molar-refractivity contribution is 5.88. The van der Waals surface area contributed by atoms with Crippen LogP contribution in [0, 0.1) is 11.8 Å². The van der Waals surface area contributed by atoms with E-state index in [4.69, 9.17) is 18.1 Å². The van der Waals surface area contributed by atoms with Crippen molar-refractivity contribution in [2.45, 2.75) is 50.0 Å². The van der Waals surface area contributed by atoms with Gasteiger partial charge in [0.1, 0.15) is 23.0 Å². The number of nitrogens with zero attached hydrogens (tertiary/aromatic N) is 1. The summed E-state index contributed by atoms with van der Waals surface area (Å²) < 4.78 is 22.3. The molecule has 2 aliphatic rings. The zero-order chi connectivity index (χ0) is 24.9. The van der Waals surface area contributed by atoms with Crippen LogP contribution in [0.25, 0.3) is 11.2 Å². The molecule has 1 atom stereocenters. The first-order valence-electron chi connectivity index (χ1n) is 11.7. The number of hydrogen-bond donors (Lipinski definition) is 2. The van der Waals surface area contributed by atoms with E-state index >= 15 is 0 Å². The molecule has 3 aromatic heterocycles. The van der Waals surface area contributed by atoms with Gasteiger partial charge in [-0.05, 0) is 56.1 Å². The van der Waals surface area contributed by atoms with Crippen molar-refractivity contribution in [3.05, 3.63) is 71.0 Å². The van der Waals surface area contributed by atoms with E-state index in [2.05, 4.69) is 22.3 Å². The lowest BCUT2D eigenvalue weighted by molar-refractivity contribution is -0.140. The zero-order valence-electron chi connectivity index (χ0n) is 19.4. The number of amides is 1. The third-order valence-electron chi connectivity index (χ3n) is 6.60. The van der Waals surface area contributed by atoms with Gasteiger partial charge in [0, 0.05) is 12.0 Å². The third-order valence-corrected chi connectivity index (χ3v) is 6.60. The van der Waals surface area contributed by atoms with Crippen LogP contribution in [-0.2, 0) is 14.9 Å². The molecule has 0 saturated heterocycles. The quantitative estimate of drug-likeness (QED) is 0.331. The molecule has 2 N–H and O–H groups in total. The second-order valence-corrected chi connectivity index (χ2v) is 9.23. The van der Waals surface area contributed by atoms with Crippen molar-refractivity contribution in [1.82, 2.24) is 5.16 Å². The molecule has 6 rings (SSSR count). The molecule has 0 spiro atoms. The van der Waals surface area contributed by atoms with Gasteiger partial charge in [0.05, 0.1) is 5.39 Å². The number of hydrogen-bond acceptors (Lipinski definition) is 7. The Morgan fingerprint density at radius 1 is 1.17 bits per heavy atom. The summed E-state index contributed by atoms with van der Waals surface area (Å²) in [5.74, 6) is 6.56. The number of anilines is 1. The van der Waals surface area contributed by atoms with Gasteiger partial charge in [-0.15, -0.1) is 0 Å². The molecule has 3 heterocycles. The minimum atomic E-state index is -0.944. The Morgan fingerprint density at radius 2 is 1.94 bits per heavy atom. The van der Waals surface area contributed by atoms with Crippen LogP contribution in [0.2, 0.25) is 0 Å². The average molecular weight is 486 g/mol. The van der Waals surface area contributed by atoms with E-state index in [1.165, 1.54) is 0 Å². The molecule has 1 aromatic carbocycles. The second-order valence-electron chi connectivity index (χ2n) is 9.23. The minimum absolute atomic E-state index is 0.184. The van der Waals surface area contributed by atoms with Crippen molar-refractivity contribution in [2.75, 3.05) is 5.32 Å². The molecule has 36 heavy (non-hydrogen) atoms. The predicted octanol–water partition coefficient (Wildman–Crippen LogP) is 5.72. The summed E-state index contributed by atoms with van der Waals surface area (Å²) in [5, 5.41) is 16.9. The van der Waals surface area contributed by atoms with Gasteiger partial charge in [-0.3, -0.25) is 10.1 Å². The molecule has 0 aliphatic heterocycles. The van der Waals surface area contributed by atoms with E-state index in [-0.39, 0.29) is 17.4 Å². The molecule has 182 valence electrons. The number of aliphatic carboxylic acids is 1. The van der Waals surface area contributed by atoms with Crippen LogP contribution in [-0.4, -0.2) is 22.3 Å². The fraction of sp³-hybridized carbons (Fsp3) is 0.296. The Kier molecular flexibility index (Phi) is 5.11. The summed E-state index contributed by atoms with van der Waals surface area (Å²) >= 11 is 0. The number of benzene rings is 1. The number of nitrogens with one attached hydrogen (secondary N) is 1. The van der Waals surface area contributed by atoms with Crippen LogP contribution < -0.4 is 5.32 Å². The van der Waals surface area contributed by atoms with Gasteiger partial charge in [0.25, 0.3) is 5.78 Å². The van der Waals surface area contributed by atoms with E-state index < -0.39 is 23.6 Å². The van der Waals surface area contributed by atoms with Crippen molar-refractivity contribution in [3.8, 4) is 11.8 Å². The molecule has 9 heteroatoms. The molecular weight excluding hydrogens is 464 g/mol. The molecule has 0 radical (unpaired) electrons. The fourth-order valence-corrected chi connectivity index (χ4v) is 4.17. The Balaban J connectivity index is 1.21. The Bertz CT molecular complexity index is 1490. The number of carboxylic acid groups (broad SMARTS) is 1. The highest BCUT2D eigenvalue weighted by atomic mass is 16.6. The number of carbonyl (C=O) groups is 2. The highest BCUT2D eigenvalue weighted by Gasteiger charge is 2.54. The Hall–Kier alpha value is -4.45. The number of fused-ring (bicyclic) bond motifs is 1. The fourth-order valence-electron chi connectivity index (χ4n) is 4.17. The number of carbonyl (C=O) groups excluding carboxylic acids is 1. The maximum absolute atomic E-state index is 12.6. The molecule has 4 aromatic rings. The topological polar surface area (TPSA) is 128 Å². The minimum Gasteiger partial charge on any atom is -0.480 e. The van der Waals surface area contributed by atoms with Crippen molar-refractivity contribution in [1.29, 1.82) is 0 Å². The van der Waals surface area contributed by atoms with Crippen LogP contribution in [0.3, 0.4) is 0 Å². The smallest absolute Gasteiger partial charge is 0.412 e. The first kappa shape index (κ1) is 22.0. The first-order valence-corrected chi connectivity index (χ1v) is 11.7. The third kappa shape index (κ3) is 4.01. The molecule has 2 fully saturated rings. The van der Waals surface area contributed by atoms with Gasteiger partial charge >= 0.3 is 12.1 Å². The van der Waals surface area contributed by atoms with E-state index in [0.717, 1.165) is 18.4 Å². The SMILES string of the molecule is CC(OC(=O)Nc1c(C#Cc2cc3cc(C4(C(=O)O)CC4)oc3o2)noc1C1CC1)c1ccccc1. The number of ether oxygens (including phenoxy) is 1. The number of rotatable bonds is 6. The van der Waals surface area contributed by atoms with Crippen molar-refractivity contribution in [3.63, 3.8) is 0 Å². The average Bonchev–Trinajstić information content (AvgIpc) is 3.76. The van der Waals surface area contributed by atoms with E-state index in [1.807, 2.05) is 30.3 Å². The van der Waals surface area contributed by atoms with Crippen molar-refractivity contribution in [2.24, 2.45) is 0 Å². The summed E-state index contributed by atoms with van der Waals surface area (Å²) in [7, 11) is 0. The molecule has 0 bridgehead atoms. The van der Waals surface area contributed by atoms with Crippen LogP contribution in [0.15, 0.2) is 55.8 Å². The molecule has 2 saturated carbocycles. The van der Waals surface area contributed by atoms with Crippen LogP contribution >= 0.6 is 0 Å². The zero-order valence-corrected chi connectivity index (χ0v) is 19.4. The Morgan fingerprint density at radius 3 is 2.61 bits per heavy atom. The van der Waals surface area contributed by atoms with Gasteiger partial charge in [-0.1, -0.05) is 35.5 Å². The molecular formula is C27H22N2O7. The van der Waals surface area contributed by atoms with Gasteiger partial charge in [0.2, 0.25) is 0 Å². The standard InChI is InChI=1S/C27H22N2O7/c1-15(16-5-3-2-4-6-16)33-26(32)28-22-20(29-36-23(22)17-7-8-17)10-9-19-13-18-14-21(35-24(18)34-19)27(11-12-27)25(30)31/h2-6,13-15,17H,7-8,11-12H2,1H3,(H,28,32)(H,30,31). The van der Waals surface area contributed by atoms with Crippen LogP contribution in [0.1, 0.15) is 73.2 Å². The van der Waals surface area contributed by atoms with E-state index in [9.17, 15) is 14.7 Å². The van der Waals surface area contributed by atoms with E-state index in [0.29, 0.717) is 41.2 Å². The summed E-state index contributed by atoms with van der Waals surface area (Å²) in [6, 6.07) is 12.8. The highest BCUT2D eigenvalue weighted by Crippen LogP contribution is 2.50. The Labute approximate surface area is 205 Å². The van der Waals surface area contributed by atoms with E-state index in [1.54, 1.807) is 19.1 Å². The van der Waals surface area contributed by atoms with Crippen LogP contribution in [0.5, 0.6) is 0 Å².